The smallest absolute Gasteiger partial charge is 0.323 e. The van der Waals surface area contributed by atoms with Gasteiger partial charge in [-0.1, -0.05) is 0 Å². The molecule has 0 bridgehead atoms. The molecule has 0 saturated heterocycles. The number of ether oxygens (including phenoxy) is 2. The highest BCUT2D eigenvalue weighted by molar-refractivity contribution is 7.92. The monoisotopic (exact) mass is 419 g/mol. The molecule has 1 heterocycles. The number of hydrogen-bond donors (Lipinski definition) is 2. The molecular weight excluding hydrogens is 394 g/mol. The van der Waals surface area contributed by atoms with Crippen LogP contribution in [0.1, 0.15) is 18.9 Å². The third kappa shape index (κ3) is 4.56. The van der Waals surface area contributed by atoms with Crippen molar-refractivity contribution in [3.8, 4) is 11.5 Å². The molecule has 29 heavy (non-hydrogen) atoms. The second-order valence-corrected chi connectivity index (χ2v) is 8.75. The number of amides is 2. The summed E-state index contributed by atoms with van der Waals surface area (Å²) in [5.74, 6) is 1.14. The second-order valence-electron chi connectivity index (χ2n) is 6.57. The Morgan fingerprint density at radius 3 is 2.34 bits per heavy atom. The Balaban J connectivity index is 1.74. The second kappa shape index (κ2) is 8.60. The third-order valence-corrected chi connectivity index (χ3v) is 6.54. The number of rotatable bonds is 6. The van der Waals surface area contributed by atoms with Crippen molar-refractivity contribution >= 4 is 33.1 Å². The van der Waals surface area contributed by atoms with E-state index >= 15 is 0 Å². The number of carbonyl (C=O) groups is 1. The maximum Gasteiger partial charge on any atom is 0.323 e. The van der Waals surface area contributed by atoms with Crippen LogP contribution in [0.4, 0.5) is 21.9 Å². The van der Waals surface area contributed by atoms with Crippen LogP contribution in [0.25, 0.3) is 0 Å². The Bertz CT molecular complexity index is 1010. The van der Waals surface area contributed by atoms with Gasteiger partial charge in [-0.2, -0.15) is 0 Å². The summed E-state index contributed by atoms with van der Waals surface area (Å²) < 4.78 is 36.5. The van der Waals surface area contributed by atoms with Gasteiger partial charge in [-0.3, -0.25) is 4.31 Å². The van der Waals surface area contributed by atoms with Gasteiger partial charge in [0.2, 0.25) is 10.0 Å². The highest BCUT2D eigenvalue weighted by atomic mass is 32.2. The van der Waals surface area contributed by atoms with Crippen LogP contribution in [-0.2, 0) is 16.4 Å². The SMILES string of the molecule is CCS(=O)(=O)N1CCCc2cc(NC(=O)Nc3ccc(OC)c(OC)c3)ccc21. The van der Waals surface area contributed by atoms with Crippen molar-refractivity contribution in [3.63, 3.8) is 0 Å². The fraction of sp³-hybridized carbons (Fsp3) is 0.350. The van der Waals surface area contributed by atoms with E-state index in [4.69, 9.17) is 9.47 Å². The molecule has 9 heteroatoms. The molecule has 0 radical (unpaired) electrons. The molecule has 8 nitrogen and oxygen atoms in total. The molecule has 1 aliphatic heterocycles. The highest BCUT2D eigenvalue weighted by Crippen LogP contribution is 2.32. The van der Waals surface area contributed by atoms with Crippen LogP contribution in [0.5, 0.6) is 11.5 Å². The fourth-order valence-corrected chi connectivity index (χ4v) is 4.49. The summed E-state index contributed by atoms with van der Waals surface area (Å²) in [6.07, 6.45) is 1.51. The standard InChI is InChI=1S/C20H25N3O5S/c1-4-29(25,26)23-11-5-6-14-12-15(7-9-17(14)23)21-20(24)22-16-8-10-18(27-2)19(13-16)28-3/h7-10,12-13H,4-6,11H2,1-3H3,(H2,21,22,24). The summed E-state index contributed by atoms with van der Waals surface area (Å²) in [5.41, 5.74) is 2.73. The molecule has 0 aliphatic carbocycles. The number of hydrogen-bond acceptors (Lipinski definition) is 5. The molecule has 0 unspecified atom stereocenters. The van der Waals surface area contributed by atoms with Gasteiger partial charge < -0.3 is 20.1 Å². The molecule has 156 valence electrons. The van der Waals surface area contributed by atoms with Crippen LogP contribution < -0.4 is 24.4 Å². The van der Waals surface area contributed by atoms with Gasteiger partial charge in [0.05, 0.1) is 25.7 Å². The van der Waals surface area contributed by atoms with E-state index in [1.54, 1.807) is 44.4 Å². The number of nitrogens with zero attached hydrogens (tertiary/aromatic N) is 1. The van der Waals surface area contributed by atoms with E-state index in [-0.39, 0.29) is 5.75 Å². The normalized spacial score (nSPS) is 13.4. The summed E-state index contributed by atoms with van der Waals surface area (Å²) in [6.45, 7) is 2.12. The van der Waals surface area contributed by atoms with Crippen molar-refractivity contribution < 1.29 is 22.7 Å². The van der Waals surface area contributed by atoms with Crippen LogP contribution in [0, 0.1) is 0 Å². The average Bonchev–Trinajstić information content (AvgIpc) is 2.72. The van der Waals surface area contributed by atoms with Crippen molar-refractivity contribution in [2.45, 2.75) is 19.8 Å². The number of nitrogens with one attached hydrogen (secondary N) is 2. The number of fused-ring (bicyclic) bond motifs is 1. The largest absolute Gasteiger partial charge is 0.493 e. The molecule has 3 rings (SSSR count). The Morgan fingerprint density at radius 1 is 1.03 bits per heavy atom. The molecule has 2 aromatic carbocycles. The quantitative estimate of drug-likeness (QED) is 0.748. The number of aryl methyl sites for hydroxylation is 1. The van der Waals surface area contributed by atoms with Gasteiger partial charge in [-0.25, -0.2) is 13.2 Å². The van der Waals surface area contributed by atoms with E-state index in [1.807, 2.05) is 6.07 Å². The number of carbonyl (C=O) groups excluding carboxylic acids is 1. The number of anilines is 3. The van der Waals surface area contributed by atoms with Gasteiger partial charge in [0, 0.05) is 24.0 Å². The van der Waals surface area contributed by atoms with Crippen LogP contribution in [0.2, 0.25) is 0 Å². The van der Waals surface area contributed by atoms with Crippen molar-refractivity contribution in [2.24, 2.45) is 0 Å². The Kier molecular flexibility index (Phi) is 6.17. The minimum atomic E-state index is -3.31. The molecule has 0 fully saturated rings. The van der Waals surface area contributed by atoms with Crippen molar-refractivity contribution in [1.29, 1.82) is 0 Å². The van der Waals surface area contributed by atoms with E-state index in [1.165, 1.54) is 11.4 Å². The number of methoxy groups -OCH3 is 2. The van der Waals surface area contributed by atoms with E-state index < -0.39 is 16.1 Å². The van der Waals surface area contributed by atoms with Crippen molar-refractivity contribution in [3.05, 3.63) is 42.0 Å². The lowest BCUT2D eigenvalue weighted by atomic mass is 10.0. The highest BCUT2D eigenvalue weighted by Gasteiger charge is 2.26. The molecule has 2 aromatic rings. The van der Waals surface area contributed by atoms with Gasteiger partial charge in [0.25, 0.3) is 0 Å². The lowest BCUT2D eigenvalue weighted by molar-refractivity contribution is 0.262. The zero-order chi connectivity index (χ0) is 21.0. The minimum Gasteiger partial charge on any atom is -0.493 e. The van der Waals surface area contributed by atoms with E-state index in [9.17, 15) is 13.2 Å². The number of sulfonamides is 1. The van der Waals surface area contributed by atoms with Crippen molar-refractivity contribution in [1.82, 2.24) is 0 Å². The van der Waals surface area contributed by atoms with Crippen molar-refractivity contribution in [2.75, 3.05) is 41.5 Å². The molecule has 0 aromatic heterocycles. The summed E-state index contributed by atoms with van der Waals surface area (Å²) in [6, 6.07) is 9.94. The van der Waals surface area contributed by atoms with Gasteiger partial charge >= 0.3 is 6.03 Å². The predicted molar refractivity (Wildman–Crippen MR) is 114 cm³/mol. The minimum absolute atomic E-state index is 0.0557. The first-order valence-corrected chi connectivity index (χ1v) is 10.9. The van der Waals surface area contributed by atoms with E-state index in [0.717, 1.165) is 18.4 Å². The zero-order valence-electron chi connectivity index (χ0n) is 16.7. The Morgan fingerprint density at radius 2 is 1.69 bits per heavy atom. The molecule has 0 atom stereocenters. The first-order valence-electron chi connectivity index (χ1n) is 9.31. The van der Waals surface area contributed by atoms with E-state index in [2.05, 4.69) is 10.6 Å². The summed E-state index contributed by atoms with van der Waals surface area (Å²) in [7, 11) is -0.245. The number of benzene rings is 2. The Hall–Kier alpha value is -2.94. The molecule has 1 aliphatic rings. The third-order valence-electron chi connectivity index (χ3n) is 4.76. The maximum atomic E-state index is 12.4. The fourth-order valence-electron chi connectivity index (χ4n) is 3.29. The zero-order valence-corrected chi connectivity index (χ0v) is 17.5. The van der Waals surface area contributed by atoms with Crippen LogP contribution in [0.3, 0.4) is 0 Å². The Labute approximate surface area is 170 Å². The molecular formula is C20H25N3O5S. The van der Waals surface area contributed by atoms with Gasteiger partial charge in [-0.15, -0.1) is 0 Å². The van der Waals surface area contributed by atoms with Gasteiger partial charge in [0.15, 0.2) is 11.5 Å². The molecule has 2 N–H and O–H groups in total. The summed E-state index contributed by atoms with van der Waals surface area (Å²) in [4.78, 5) is 12.4. The lowest BCUT2D eigenvalue weighted by Gasteiger charge is -2.30. The summed E-state index contributed by atoms with van der Waals surface area (Å²) in [5, 5.41) is 5.53. The van der Waals surface area contributed by atoms with Crippen LogP contribution in [0.15, 0.2) is 36.4 Å². The maximum absolute atomic E-state index is 12.4. The first kappa shape index (κ1) is 20.8. The van der Waals surface area contributed by atoms with Crippen LogP contribution >= 0.6 is 0 Å². The number of urea groups is 1. The van der Waals surface area contributed by atoms with Gasteiger partial charge in [-0.05, 0) is 55.7 Å². The van der Waals surface area contributed by atoms with Gasteiger partial charge in [0.1, 0.15) is 0 Å². The summed E-state index contributed by atoms with van der Waals surface area (Å²) >= 11 is 0. The molecule has 2 amide bonds. The van der Waals surface area contributed by atoms with Crippen LogP contribution in [-0.4, -0.2) is 41.0 Å². The average molecular weight is 420 g/mol. The molecule has 0 spiro atoms. The topological polar surface area (TPSA) is 97.0 Å². The van der Waals surface area contributed by atoms with E-state index in [0.29, 0.717) is 35.1 Å². The molecule has 0 saturated carbocycles. The first-order chi connectivity index (χ1) is 13.9. The predicted octanol–water partition coefficient (Wildman–Crippen LogP) is 3.45. The lowest BCUT2D eigenvalue weighted by Crippen LogP contribution is -2.36.